The molecule has 0 aromatic heterocycles. The molecule has 130 valence electrons. The highest BCUT2D eigenvalue weighted by molar-refractivity contribution is 7.80. The number of nitro benzene ring substituents is 1. The molecule has 2 rings (SSSR count). The molecule has 0 aliphatic carbocycles. The van der Waals surface area contributed by atoms with Gasteiger partial charge < -0.3 is 15.2 Å². The average molecular weight is 360 g/mol. The zero-order valence-corrected chi connectivity index (χ0v) is 14.2. The number of ether oxygens (including phenoxy) is 2. The minimum Gasteiger partial charge on any atom is -0.496 e. The van der Waals surface area contributed by atoms with Gasteiger partial charge in [0.15, 0.2) is 5.11 Å². The number of benzene rings is 2. The summed E-state index contributed by atoms with van der Waals surface area (Å²) in [5.41, 5.74) is 9.27. The Labute approximate surface area is 149 Å². The van der Waals surface area contributed by atoms with Crippen LogP contribution in [0.25, 0.3) is 0 Å². The summed E-state index contributed by atoms with van der Waals surface area (Å²) in [5, 5.41) is 14.8. The minimum atomic E-state index is -0.473. The van der Waals surface area contributed by atoms with E-state index in [2.05, 4.69) is 22.7 Å². The zero-order chi connectivity index (χ0) is 18.2. The topological polar surface area (TPSA) is 112 Å². The second-order valence-corrected chi connectivity index (χ2v) is 5.29. The fraction of sp³-hybridized carbons (Fsp3) is 0.125. The van der Waals surface area contributed by atoms with E-state index < -0.39 is 4.92 Å². The molecule has 0 heterocycles. The number of hydrogen-bond acceptors (Lipinski definition) is 6. The van der Waals surface area contributed by atoms with E-state index in [1.165, 1.54) is 12.1 Å². The van der Waals surface area contributed by atoms with Crippen molar-refractivity contribution in [2.45, 2.75) is 6.61 Å². The maximum absolute atomic E-state index is 10.8. The number of nitro groups is 1. The molecule has 0 spiro atoms. The summed E-state index contributed by atoms with van der Waals surface area (Å²) in [7, 11) is 1.55. The second kappa shape index (κ2) is 8.60. The van der Waals surface area contributed by atoms with Crippen molar-refractivity contribution in [2.24, 2.45) is 10.8 Å². The molecule has 9 heteroatoms. The maximum atomic E-state index is 10.8. The van der Waals surface area contributed by atoms with Crippen LogP contribution in [0, 0.1) is 10.1 Å². The van der Waals surface area contributed by atoms with E-state index in [9.17, 15) is 10.1 Å². The Morgan fingerprint density at radius 1 is 1.40 bits per heavy atom. The molecule has 0 unspecified atom stereocenters. The number of rotatable bonds is 7. The lowest BCUT2D eigenvalue weighted by Gasteiger charge is -2.11. The predicted molar refractivity (Wildman–Crippen MR) is 97.9 cm³/mol. The van der Waals surface area contributed by atoms with Gasteiger partial charge in [0.05, 0.1) is 24.3 Å². The van der Waals surface area contributed by atoms with Crippen LogP contribution in [0.4, 0.5) is 5.69 Å². The summed E-state index contributed by atoms with van der Waals surface area (Å²) >= 11 is 4.67. The van der Waals surface area contributed by atoms with E-state index in [0.717, 1.165) is 11.1 Å². The van der Waals surface area contributed by atoms with Crippen LogP contribution in [-0.2, 0) is 6.61 Å². The molecule has 2 aromatic carbocycles. The van der Waals surface area contributed by atoms with Crippen molar-refractivity contribution in [2.75, 3.05) is 7.11 Å². The van der Waals surface area contributed by atoms with Crippen molar-refractivity contribution in [1.82, 2.24) is 5.43 Å². The molecular weight excluding hydrogens is 344 g/mol. The van der Waals surface area contributed by atoms with Gasteiger partial charge in [-0.1, -0.05) is 6.07 Å². The summed E-state index contributed by atoms with van der Waals surface area (Å²) in [4.78, 5) is 10.3. The van der Waals surface area contributed by atoms with E-state index in [1.807, 2.05) is 6.07 Å². The quantitative estimate of drug-likeness (QED) is 0.337. The summed E-state index contributed by atoms with van der Waals surface area (Å²) in [6.45, 7) is 0.175. The molecule has 0 radical (unpaired) electrons. The van der Waals surface area contributed by atoms with Crippen LogP contribution in [0.5, 0.6) is 11.5 Å². The number of hydrogen-bond donors (Lipinski definition) is 2. The Morgan fingerprint density at radius 2 is 2.20 bits per heavy atom. The van der Waals surface area contributed by atoms with E-state index >= 15 is 0 Å². The van der Waals surface area contributed by atoms with Crippen LogP contribution in [-0.4, -0.2) is 23.4 Å². The summed E-state index contributed by atoms with van der Waals surface area (Å²) < 4.78 is 10.9. The van der Waals surface area contributed by atoms with Crippen molar-refractivity contribution in [1.29, 1.82) is 0 Å². The first-order valence-corrected chi connectivity index (χ1v) is 7.53. The lowest BCUT2D eigenvalue weighted by Crippen LogP contribution is -2.24. The van der Waals surface area contributed by atoms with Gasteiger partial charge in [0.25, 0.3) is 5.69 Å². The SMILES string of the molecule is COc1ccc(C=NNC(N)=S)cc1COc1cccc([N+](=O)[O-])c1. The van der Waals surface area contributed by atoms with Crippen LogP contribution < -0.4 is 20.6 Å². The van der Waals surface area contributed by atoms with Gasteiger partial charge in [-0.2, -0.15) is 5.10 Å². The van der Waals surface area contributed by atoms with Gasteiger partial charge in [-0.15, -0.1) is 0 Å². The molecule has 0 bridgehead atoms. The van der Waals surface area contributed by atoms with Crippen molar-refractivity contribution in [3.63, 3.8) is 0 Å². The van der Waals surface area contributed by atoms with Gasteiger partial charge in [-0.05, 0) is 42.0 Å². The lowest BCUT2D eigenvalue weighted by atomic mass is 10.1. The fourth-order valence-corrected chi connectivity index (χ4v) is 2.06. The monoisotopic (exact) mass is 360 g/mol. The number of nitrogens with two attached hydrogens (primary N) is 1. The van der Waals surface area contributed by atoms with Crippen molar-refractivity contribution in [3.8, 4) is 11.5 Å². The molecule has 3 N–H and O–H groups in total. The zero-order valence-electron chi connectivity index (χ0n) is 13.3. The number of non-ortho nitro benzene ring substituents is 1. The van der Waals surface area contributed by atoms with E-state index in [4.69, 9.17) is 15.2 Å². The highest BCUT2D eigenvalue weighted by Crippen LogP contribution is 2.24. The molecule has 0 atom stereocenters. The first-order chi connectivity index (χ1) is 12.0. The Bertz CT molecular complexity index is 810. The van der Waals surface area contributed by atoms with Crippen LogP contribution in [0.1, 0.15) is 11.1 Å². The van der Waals surface area contributed by atoms with E-state index in [1.54, 1.807) is 37.6 Å². The number of thiocarbonyl (C=S) groups is 1. The van der Waals surface area contributed by atoms with Gasteiger partial charge >= 0.3 is 0 Å². The van der Waals surface area contributed by atoms with E-state index in [-0.39, 0.29) is 17.4 Å². The van der Waals surface area contributed by atoms with Gasteiger partial charge in [0, 0.05) is 11.6 Å². The second-order valence-electron chi connectivity index (χ2n) is 4.85. The molecule has 25 heavy (non-hydrogen) atoms. The number of nitrogens with zero attached hydrogens (tertiary/aromatic N) is 2. The van der Waals surface area contributed by atoms with Crippen LogP contribution >= 0.6 is 12.2 Å². The Morgan fingerprint density at radius 3 is 2.88 bits per heavy atom. The molecule has 0 amide bonds. The average Bonchev–Trinajstić information content (AvgIpc) is 2.60. The molecule has 8 nitrogen and oxygen atoms in total. The molecular formula is C16H16N4O4S. The Kier molecular flexibility index (Phi) is 6.24. The largest absolute Gasteiger partial charge is 0.496 e. The van der Waals surface area contributed by atoms with Crippen molar-refractivity contribution < 1.29 is 14.4 Å². The van der Waals surface area contributed by atoms with Gasteiger partial charge in [0.2, 0.25) is 0 Å². The van der Waals surface area contributed by atoms with Crippen LogP contribution in [0.2, 0.25) is 0 Å². The molecule has 0 fully saturated rings. The van der Waals surface area contributed by atoms with Crippen molar-refractivity contribution >= 4 is 29.2 Å². The number of methoxy groups -OCH3 is 1. The van der Waals surface area contributed by atoms with Crippen LogP contribution in [0.3, 0.4) is 0 Å². The fourth-order valence-electron chi connectivity index (χ4n) is 2.01. The summed E-state index contributed by atoms with van der Waals surface area (Å²) in [6, 6.07) is 11.4. The number of nitrogens with one attached hydrogen (secondary N) is 1. The highest BCUT2D eigenvalue weighted by Gasteiger charge is 2.09. The van der Waals surface area contributed by atoms with Gasteiger partial charge in [-0.3, -0.25) is 15.5 Å². The molecule has 0 aliphatic heterocycles. The molecule has 2 aromatic rings. The molecule has 0 saturated heterocycles. The summed E-state index contributed by atoms with van der Waals surface area (Å²) in [6.07, 6.45) is 1.55. The Balaban J connectivity index is 2.14. The lowest BCUT2D eigenvalue weighted by molar-refractivity contribution is -0.384. The van der Waals surface area contributed by atoms with Gasteiger partial charge in [0.1, 0.15) is 18.1 Å². The first kappa shape index (κ1) is 18.1. The third-order valence-corrected chi connectivity index (χ3v) is 3.21. The smallest absolute Gasteiger partial charge is 0.273 e. The first-order valence-electron chi connectivity index (χ1n) is 7.12. The normalized spacial score (nSPS) is 10.4. The van der Waals surface area contributed by atoms with Crippen molar-refractivity contribution in [3.05, 3.63) is 63.7 Å². The van der Waals surface area contributed by atoms with E-state index in [0.29, 0.717) is 11.5 Å². The highest BCUT2D eigenvalue weighted by atomic mass is 32.1. The van der Waals surface area contributed by atoms with Gasteiger partial charge in [-0.25, -0.2) is 0 Å². The standard InChI is InChI=1S/C16H16N4O4S/c1-23-15-6-5-11(9-18-19-16(17)25)7-12(15)10-24-14-4-2-3-13(8-14)20(21)22/h2-9H,10H2,1H3,(H3,17,19,25). The molecule has 0 saturated carbocycles. The third-order valence-electron chi connectivity index (χ3n) is 3.12. The third kappa shape index (κ3) is 5.43. The maximum Gasteiger partial charge on any atom is 0.273 e. The minimum absolute atomic E-state index is 0.0332. The predicted octanol–water partition coefficient (Wildman–Crippen LogP) is 2.35. The van der Waals surface area contributed by atoms with Crippen LogP contribution in [0.15, 0.2) is 47.6 Å². The molecule has 0 aliphatic rings. The summed E-state index contributed by atoms with van der Waals surface area (Å²) in [5.74, 6) is 1.02. The Hall–Kier alpha value is -3.20. The number of hydrazone groups is 1.